The minimum atomic E-state index is -0.232. The first-order valence-corrected chi connectivity index (χ1v) is 7.06. The van der Waals surface area contributed by atoms with E-state index in [-0.39, 0.29) is 18.2 Å². The van der Waals surface area contributed by atoms with E-state index >= 15 is 0 Å². The van der Waals surface area contributed by atoms with Crippen LogP contribution in [0.4, 0.5) is 4.39 Å². The van der Waals surface area contributed by atoms with Crippen LogP contribution in [-0.4, -0.2) is 16.5 Å². The van der Waals surface area contributed by atoms with Crippen molar-refractivity contribution in [3.63, 3.8) is 0 Å². The van der Waals surface area contributed by atoms with Gasteiger partial charge in [-0.2, -0.15) is 0 Å². The Morgan fingerprint density at radius 1 is 1.09 bits per heavy atom. The van der Waals surface area contributed by atoms with Crippen molar-refractivity contribution in [3.05, 3.63) is 65.4 Å². The summed E-state index contributed by atoms with van der Waals surface area (Å²) in [5.41, 5.74) is 5.12. The molecule has 0 saturated heterocycles. The van der Waals surface area contributed by atoms with Gasteiger partial charge in [-0.3, -0.25) is 0 Å². The van der Waals surface area contributed by atoms with Gasteiger partial charge in [0.05, 0.1) is 11.4 Å². The summed E-state index contributed by atoms with van der Waals surface area (Å²) in [6.45, 7) is 1.69. The fraction of sp³-hybridized carbons (Fsp3) is 0.176. The predicted molar refractivity (Wildman–Crippen MR) is 87.2 cm³/mol. The molecule has 5 heteroatoms. The van der Waals surface area contributed by atoms with E-state index < -0.39 is 0 Å². The Kier molecular flexibility index (Phi) is 4.05. The van der Waals surface area contributed by atoms with E-state index in [1.165, 1.54) is 12.1 Å². The number of hydrogen-bond donors (Lipinski definition) is 1. The first kappa shape index (κ1) is 14.9. The van der Waals surface area contributed by atoms with Gasteiger partial charge in [0.1, 0.15) is 5.82 Å². The Hall–Kier alpha value is -2.04. The van der Waals surface area contributed by atoms with Crippen LogP contribution in [0, 0.1) is 5.82 Å². The van der Waals surface area contributed by atoms with E-state index in [1.54, 1.807) is 12.1 Å². The molecule has 1 aliphatic carbocycles. The largest absolute Gasteiger partial charge is 0.312 e. The number of nitrogens with zero attached hydrogens (tertiary/aromatic N) is 2. The van der Waals surface area contributed by atoms with Crippen molar-refractivity contribution < 1.29 is 4.39 Å². The van der Waals surface area contributed by atoms with Crippen molar-refractivity contribution in [1.29, 1.82) is 0 Å². The lowest BCUT2D eigenvalue weighted by Gasteiger charge is -2.21. The lowest BCUT2D eigenvalue weighted by atomic mass is 9.99. The number of benzene rings is 1. The summed E-state index contributed by atoms with van der Waals surface area (Å²) in [7, 11) is 0. The second-order valence-corrected chi connectivity index (χ2v) is 5.24. The zero-order chi connectivity index (χ0) is 14.2. The van der Waals surface area contributed by atoms with E-state index in [1.807, 2.05) is 18.2 Å². The van der Waals surface area contributed by atoms with Gasteiger partial charge in [0.2, 0.25) is 0 Å². The van der Waals surface area contributed by atoms with Gasteiger partial charge in [-0.05, 0) is 24.3 Å². The molecule has 0 spiro atoms. The summed E-state index contributed by atoms with van der Waals surface area (Å²) >= 11 is 0. The predicted octanol–water partition coefficient (Wildman–Crippen LogP) is 3.30. The molecule has 3 nitrogen and oxygen atoms in total. The highest BCUT2D eigenvalue weighted by molar-refractivity contribution is 5.85. The van der Waals surface area contributed by atoms with Crippen LogP contribution >= 0.6 is 12.4 Å². The third-order valence-electron chi connectivity index (χ3n) is 3.86. The fourth-order valence-electron chi connectivity index (χ4n) is 2.66. The molecule has 4 rings (SSSR count). The molecule has 0 fully saturated rings. The molecule has 1 aromatic carbocycles. The minimum Gasteiger partial charge on any atom is -0.312 e. The molecule has 0 saturated carbocycles. The van der Waals surface area contributed by atoms with Crippen molar-refractivity contribution in [2.24, 2.45) is 0 Å². The standard InChI is InChI=1S/C17H14FN3.ClH/c18-13-6-4-11(5-7-13)16-14-10-19-9-8-15(14)20-17(21-16)12-2-1-3-12;/h1-7,19H,8-10H2;1H. The molecule has 1 aromatic heterocycles. The van der Waals surface area contributed by atoms with Crippen molar-refractivity contribution in [2.45, 2.75) is 13.0 Å². The SMILES string of the molecule is Cl.Fc1ccc(-c2nc(C3=CC=C3)nc3c2CNCC3)cc1. The molecule has 2 aromatic rings. The fourth-order valence-corrected chi connectivity index (χ4v) is 2.66. The zero-order valence-corrected chi connectivity index (χ0v) is 12.7. The van der Waals surface area contributed by atoms with Gasteiger partial charge in [-0.1, -0.05) is 18.2 Å². The van der Waals surface area contributed by atoms with Gasteiger partial charge in [0.25, 0.3) is 0 Å². The van der Waals surface area contributed by atoms with E-state index in [4.69, 9.17) is 9.97 Å². The van der Waals surface area contributed by atoms with Crippen LogP contribution < -0.4 is 5.32 Å². The Morgan fingerprint density at radius 3 is 2.55 bits per heavy atom. The molecule has 1 N–H and O–H groups in total. The number of fused-ring (bicyclic) bond motifs is 1. The van der Waals surface area contributed by atoms with Crippen molar-refractivity contribution in [1.82, 2.24) is 15.3 Å². The Morgan fingerprint density at radius 2 is 1.86 bits per heavy atom. The molecule has 2 aliphatic rings. The van der Waals surface area contributed by atoms with Gasteiger partial charge in [0, 0.05) is 36.2 Å². The lowest BCUT2D eigenvalue weighted by molar-refractivity contribution is 0.625. The lowest BCUT2D eigenvalue weighted by Crippen LogP contribution is -2.26. The van der Waals surface area contributed by atoms with Crippen LogP contribution in [0.15, 0.2) is 42.5 Å². The maximum absolute atomic E-state index is 13.1. The third kappa shape index (κ3) is 2.56. The number of allylic oxidation sites excluding steroid dienone is 4. The van der Waals surface area contributed by atoms with E-state index in [0.717, 1.165) is 53.4 Å². The maximum Gasteiger partial charge on any atom is 0.160 e. The minimum absolute atomic E-state index is 0. The van der Waals surface area contributed by atoms with Crippen molar-refractivity contribution >= 4 is 18.0 Å². The molecule has 0 bridgehead atoms. The summed E-state index contributed by atoms with van der Waals surface area (Å²) in [5, 5.41) is 3.36. The average molecular weight is 316 g/mol. The van der Waals surface area contributed by atoms with Crippen LogP contribution in [0.25, 0.3) is 16.8 Å². The summed E-state index contributed by atoms with van der Waals surface area (Å²) in [5.74, 6) is 0.530. The van der Waals surface area contributed by atoms with Crippen LogP contribution in [0.3, 0.4) is 0 Å². The summed E-state index contributed by atoms with van der Waals surface area (Å²) in [6, 6.07) is 6.51. The summed E-state index contributed by atoms with van der Waals surface area (Å²) < 4.78 is 13.1. The van der Waals surface area contributed by atoms with Gasteiger partial charge in [0.15, 0.2) is 5.82 Å². The highest BCUT2D eigenvalue weighted by Crippen LogP contribution is 2.29. The molecule has 1 aliphatic heterocycles. The first-order valence-electron chi connectivity index (χ1n) is 7.06. The van der Waals surface area contributed by atoms with Crippen LogP contribution in [0.2, 0.25) is 0 Å². The summed E-state index contributed by atoms with van der Waals surface area (Å²) in [6.07, 6.45) is 6.90. The van der Waals surface area contributed by atoms with E-state index in [2.05, 4.69) is 5.32 Å². The molecule has 0 radical (unpaired) electrons. The smallest absolute Gasteiger partial charge is 0.160 e. The van der Waals surface area contributed by atoms with Gasteiger partial charge in [-0.25, -0.2) is 14.4 Å². The molecular formula is C17H15ClFN3. The quantitative estimate of drug-likeness (QED) is 0.924. The number of aromatic nitrogens is 2. The third-order valence-corrected chi connectivity index (χ3v) is 3.86. The molecule has 2 heterocycles. The Bertz CT molecular complexity index is 766. The van der Waals surface area contributed by atoms with Crippen LogP contribution in [-0.2, 0) is 13.0 Å². The van der Waals surface area contributed by atoms with Gasteiger partial charge in [-0.15, -0.1) is 12.4 Å². The molecule has 22 heavy (non-hydrogen) atoms. The van der Waals surface area contributed by atoms with E-state index in [9.17, 15) is 4.39 Å². The highest BCUT2D eigenvalue weighted by atomic mass is 35.5. The molecule has 0 amide bonds. The first-order chi connectivity index (χ1) is 10.3. The number of halogens is 2. The molecule has 0 atom stereocenters. The van der Waals surface area contributed by atoms with Gasteiger partial charge >= 0.3 is 0 Å². The highest BCUT2D eigenvalue weighted by Gasteiger charge is 2.20. The Balaban J connectivity index is 0.00000144. The van der Waals surface area contributed by atoms with Crippen molar-refractivity contribution in [3.8, 4) is 11.3 Å². The second kappa shape index (κ2) is 5.99. The van der Waals surface area contributed by atoms with Crippen LogP contribution in [0.5, 0.6) is 0 Å². The normalized spacial score (nSPS) is 15.4. The molecular weight excluding hydrogens is 301 g/mol. The maximum atomic E-state index is 13.1. The molecule has 112 valence electrons. The zero-order valence-electron chi connectivity index (χ0n) is 11.8. The second-order valence-electron chi connectivity index (χ2n) is 5.24. The van der Waals surface area contributed by atoms with Crippen molar-refractivity contribution in [2.75, 3.05) is 6.54 Å². The molecule has 0 unspecified atom stereocenters. The number of nitrogens with one attached hydrogen (secondary N) is 1. The number of hydrogen-bond acceptors (Lipinski definition) is 3. The van der Waals surface area contributed by atoms with E-state index in [0.29, 0.717) is 0 Å². The van der Waals surface area contributed by atoms with Crippen LogP contribution in [0.1, 0.15) is 17.1 Å². The van der Waals surface area contributed by atoms with Gasteiger partial charge < -0.3 is 5.32 Å². The number of rotatable bonds is 2. The monoisotopic (exact) mass is 315 g/mol. The Labute approximate surface area is 134 Å². The summed E-state index contributed by atoms with van der Waals surface area (Å²) in [4.78, 5) is 9.41. The topological polar surface area (TPSA) is 37.8 Å². The average Bonchev–Trinajstić information content (AvgIpc) is 2.45.